The number of nitrogens with one attached hydrogen (secondary N) is 1. The Hall–Kier alpha value is 0.01000. The molecule has 2 rings (SSSR count). The predicted molar refractivity (Wildman–Crippen MR) is 93.4 cm³/mol. The smallest absolute Gasteiger partial charge is 0.0187 e. The van der Waals surface area contributed by atoms with Gasteiger partial charge in [-0.3, -0.25) is 0 Å². The summed E-state index contributed by atoms with van der Waals surface area (Å²) in [6, 6.07) is 9.29. The van der Waals surface area contributed by atoms with Gasteiger partial charge in [-0.15, -0.1) is 11.8 Å². The molecule has 4 unspecified atom stereocenters. The third-order valence-electron chi connectivity index (χ3n) is 4.82. The van der Waals surface area contributed by atoms with Crippen LogP contribution in [0.4, 0.5) is 0 Å². The lowest BCUT2D eigenvalue weighted by Gasteiger charge is -2.36. The van der Waals surface area contributed by atoms with E-state index in [-0.39, 0.29) is 0 Å². The maximum Gasteiger partial charge on any atom is 0.0187 e. The molecule has 1 aromatic rings. The molecule has 0 spiro atoms. The molecule has 112 valence electrons. The van der Waals surface area contributed by atoms with Crippen LogP contribution < -0.4 is 5.32 Å². The lowest BCUT2D eigenvalue weighted by molar-refractivity contribution is 0.181. The van der Waals surface area contributed by atoms with Crippen LogP contribution in [0.2, 0.25) is 0 Å². The van der Waals surface area contributed by atoms with E-state index in [1.54, 1.807) is 0 Å². The van der Waals surface area contributed by atoms with Crippen LogP contribution in [-0.4, -0.2) is 18.8 Å². The first-order chi connectivity index (χ1) is 9.60. The van der Waals surface area contributed by atoms with Crippen LogP contribution in [0.15, 0.2) is 33.6 Å². The molecule has 0 saturated heterocycles. The van der Waals surface area contributed by atoms with E-state index >= 15 is 0 Å². The molecule has 1 nitrogen and oxygen atoms in total. The van der Waals surface area contributed by atoms with Gasteiger partial charge in [0.1, 0.15) is 0 Å². The summed E-state index contributed by atoms with van der Waals surface area (Å²) in [5, 5.41) is 3.56. The van der Waals surface area contributed by atoms with Crippen molar-refractivity contribution in [2.24, 2.45) is 17.8 Å². The normalized spacial score (nSPS) is 28.3. The third kappa shape index (κ3) is 4.51. The SMILES string of the molecule is CNC(CSc1ccc(Br)cc1)C1CCC(C)C(C)C1. The van der Waals surface area contributed by atoms with Crippen molar-refractivity contribution in [2.45, 2.75) is 44.0 Å². The van der Waals surface area contributed by atoms with Crippen LogP contribution in [0.5, 0.6) is 0 Å². The molecule has 1 N–H and O–H groups in total. The third-order valence-corrected chi connectivity index (χ3v) is 6.48. The van der Waals surface area contributed by atoms with E-state index in [2.05, 4.69) is 66.4 Å². The summed E-state index contributed by atoms with van der Waals surface area (Å²) in [5.74, 6) is 3.79. The molecule has 0 radical (unpaired) electrons. The van der Waals surface area contributed by atoms with Gasteiger partial charge in [-0.1, -0.05) is 36.2 Å². The second-order valence-corrected chi connectivity index (χ2v) is 8.20. The molecule has 20 heavy (non-hydrogen) atoms. The second-order valence-electron chi connectivity index (χ2n) is 6.19. The number of hydrogen-bond donors (Lipinski definition) is 1. The average molecular weight is 356 g/mol. The topological polar surface area (TPSA) is 12.0 Å². The lowest BCUT2D eigenvalue weighted by atomic mass is 9.73. The van der Waals surface area contributed by atoms with E-state index in [0.29, 0.717) is 6.04 Å². The molecule has 0 aromatic heterocycles. The molecule has 1 aliphatic carbocycles. The Morgan fingerprint density at radius 1 is 1.20 bits per heavy atom. The van der Waals surface area contributed by atoms with Crippen molar-refractivity contribution in [1.29, 1.82) is 0 Å². The van der Waals surface area contributed by atoms with Crippen LogP contribution in [0.25, 0.3) is 0 Å². The minimum atomic E-state index is 0.638. The Balaban J connectivity index is 1.87. The molecule has 0 heterocycles. The Kier molecular flexibility index (Phi) is 6.44. The summed E-state index contributed by atoms with van der Waals surface area (Å²) in [4.78, 5) is 1.37. The van der Waals surface area contributed by atoms with E-state index < -0.39 is 0 Å². The molecule has 1 fully saturated rings. The molecule has 1 saturated carbocycles. The first kappa shape index (κ1) is 16.4. The van der Waals surface area contributed by atoms with Gasteiger partial charge in [-0.05, 0) is 61.9 Å². The van der Waals surface area contributed by atoms with Crippen LogP contribution in [-0.2, 0) is 0 Å². The molecular formula is C17H26BrNS. The van der Waals surface area contributed by atoms with Crippen molar-refractivity contribution in [3.63, 3.8) is 0 Å². The van der Waals surface area contributed by atoms with Crippen molar-refractivity contribution in [2.75, 3.05) is 12.8 Å². The van der Waals surface area contributed by atoms with Crippen molar-refractivity contribution in [1.82, 2.24) is 5.32 Å². The monoisotopic (exact) mass is 355 g/mol. The maximum absolute atomic E-state index is 3.56. The molecule has 3 heteroatoms. The average Bonchev–Trinajstić information content (AvgIpc) is 2.45. The molecule has 1 aromatic carbocycles. The first-order valence-corrected chi connectivity index (χ1v) is 9.43. The van der Waals surface area contributed by atoms with E-state index in [9.17, 15) is 0 Å². The zero-order valence-corrected chi connectivity index (χ0v) is 15.1. The van der Waals surface area contributed by atoms with Crippen molar-refractivity contribution in [3.8, 4) is 0 Å². The van der Waals surface area contributed by atoms with Gasteiger partial charge in [0, 0.05) is 21.2 Å². The number of rotatable bonds is 5. The second kappa shape index (κ2) is 7.86. The zero-order valence-electron chi connectivity index (χ0n) is 12.7. The predicted octanol–water partition coefficient (Wildman–Crippen LogP) is 5.20. The van der Waals surface area contributed by atoms with Gasteiger partial charge in [-0.2, -0.15) is 0 Å². The summed E-state index contributed by atoms with van der Waals surface area (Å²) in [6.45, 7) is 4.83. The zero-order chi connectivity index (χ0) is 14.5. The molecule has 0 aliphatic heterocycles. The Morgan fingerprint density at radius 2 is 1.90 bits per heavy atom. The number of hydrogen-bond acceptors (Lipinski definition) is 2. The lowest BCUT2D eigenvalue weighted by Crippen LogP contribution is -2.39. The van der Waals surface area contributed by atoms with E-state index in [0.717, 1.165) is 22.2 Å². The first-order valence-electron chi connectivity index (χ1n) is 7.65. The quantitative estimate of drug-likeness (QED) is 0.728. The molecule has 1 aliphatic rings. The highest BCUT2D eigenvalue weighted by molar-refractivity contribution is 9.10. The van der Waals surface area contributed by atoms with Crippen molar-refractivity contribution < 1.29 is 0 Å². The summed E-state index contributed by atoms with van der Waals surface area (Å²) >= 11 is 5.47. The minimum Gasteiger partial charge on any atom is -0.316 e. The highest BCUT2D eigenvalue weighted by Gasteiger charge is 2.29. The summed E-state index contributed by atoms with van der Waals surface area (Å²) in [6.07, 6.45) is 4.17. The van der Waals surface area contributed by atoms with E-state index in [4.69, 9.17) is 0 Å². The van der Waals surface area contributed by atoms with Gasteiger partial charge in [0.25, 0.3) is 0 Å². The van der Waals surface area contributed by atoms with Crippen LogP contribution >= 0.6 is 27.7 Å². The Bertz CT molecular complexity index is 406. The number of benzene rings is 1. The minimum absolute atomic E-state index is 0.638. The van der Waals surface area contributed by atoms with Gasteiger partial charge in [0.05, 0.1) is 0 Å². The largest absolute Gasteiger partial charge is 0.316 e. The summed E-state index contributed by atoms with van der Waals surface area (Å²) in [5.41, 5.74) is 0. The van der Waals surface area contributed by atoms with Crippen LogP contribution in [0.3, 0.4) is 0 Å². The molecule has 0 amide bonds. The highest BCUT2D eigenvalue weighted by Crippen LogP contribution is 2.36. The van der Waals surface area contributed by atoms with Crippen molar-refractivity contribution >= 4 is 27.7 Å². The van der Waals surface area contributed by atoms with E-state index in [1.807, 2.05) is 11.8 Å². The summed E-state index contributed by atoms with van der Waals surface area (Å²) < 4.78 is 1.15. The number of thioether (sulfide) groups is 1. The van der Waals surface area contributed by atoms with Gasteiger partial charge in [-0.25, -0.2) is 0 Å². The fourth-order valence-corrected chi connectivity index (χ4v) is 4.53. The molecule has 0 bridgehead atoms. The van der Waals surface area contributed by atoms with Crippen molar-refractivity contribution in [3.05, 3.63) is 28.7 Å². The number of halogens is 1. The Labute approximate surface area is 136 Å². The molecular weight excluding hydrogens is 330 g/mol. The molecule has 4 atom stereocenters. The van der Waals surface area contributed by atoms with Gasteiger partial charge < -0.3 is 5.32 Å². The van der Waals surface area contributed by atoms with Gasteiger partial charge in [0.2, 0.25) is 0 Å². The van der Waals surface area contributed by atoms with Crippen LogP contribution in [0.1, 0.15) is 33.1 Å². The summed E-state index contributed by atoms with van der Waals surface area (Å²) in [7, 11) is 2.12. The van der Waals surface area contributed by atoms with E-state index in [1.165, 1.54) is 29.9 Å². The van der Waals surface area contributed by atoms with Gasteiger partial charge in [0.15, 0.2) is 0 Å². The highest BCUT2D eigenvalue weighted by atomic mass is 79.9. The van der Waals surface area contributed by atoms with Gasteiger partial charge >= 0.3 is 0 Å². The van der Waals surface area contributed by atoms with Crippen LogP contribution in [0, 0.1) is 17.8 Å². The standard InChI is InChI=1S/C17H26BrNS/c1-12-4-5-14(10-13(12)2)17(19-3)11-20-16-8-6-15(18)7-9-16/h6-9,12-14,17,19H,4-5,10-11H2,1-3H3. The fraction of sp³-hybridized carbons (Fsp3) is 0.647. The fourth-order valence-electron chi connectivity index (χ4n) is 3.13. The Morgan fingerprint density at radius 3 is 2.50 bits per heavy atom. The maximum atomic E-state index is 3.56.